The zero-order chi connectivity index (χ0) is 14.8. The lowest BCUT2D eigenvalue weighted by Crippen LogP contribution is -2.21. The molecule has 0 bridgehead atoms. The molecule has 2 heterocycles. The van der Waals surface area contributed by atoms with Gasteiger partial charge >= 0.3 is 6.01 Å². The van der Waals surface area contributed by atoms with Crippen LogP contribution >= 0.6 is 27.5 Å². The summed E-state index contributed by atoms with van der Waals surface area (Å²) in [6, 6.07) is 6.01. The fraction of sp³-hybridized carbons (Fsp3) is 0.357. The van der Waals surface area contributed by atoms with E-state index in [2.05, 4.69) is 35.8 Å². The Morgan fingerprint density at radius 3 is 2.67 bits per heavy atom. The number of ether oxygens (including phenoxy) is 1. The van der Waals surface area contributed by atoms with Crippen molar-refractivity contribution in [3.8, 4) is 11.8 Å². The van der Waals surface area contributed by atoms with Gasteiger partial charge in [0.15, 0.2) is 0 Å². The van der Waals surface area contributed by atoms with Crippen molar-refractivity contribution in [2.45, 2.75) is 19.8 Å². The highest BCUT2D eigenvalue weighted by molar-refractivity contribution is 9.10. The third-order valence-corrected chi connectivity index (χ3v) is 4.04. The minimum atomic E-state index is 0.144. The van der Waals surface area contributed by atoms with E-state index in [1.165, 1.54) is 0 Å². The predicted molar refractivity (Wildman–Crippen MR) is 85.2 cm³/mol. The molecule has 7 heteroatoms. The third kappa shape index (κ3) is 3.44. The topological polar surface area (TPSA) is 51.1 Å². The maximum absolute atomic E-state index is 5.98. The van der Waals surface area contributed by atoms with Crippen LogP contribution in [0.4, 0.5) is 5.95 Å². The van der Waals surface area contributed by atoms with Gasteiger partial charge in [-0.25, -0.2) is 0 Å². The van der Waals surface area contributed by atoms with E-state index in [-0.39, 0.29) is 11.3 Å². The molecule has 1 aliphatic heterocycles. The summed E-state index contributed by atoms with van der Waals surface area (Å²) in [4.78, 5) is 14.6. The molecular weight excluding hydrogens is 356 g/mol. The quantitative estimate of drug-likeness (QED) is 0.819. The van der Waals surface area contributed by atoms with Crippen molar-refractivity contribution in [3.63, 3.8) is 0 Å². The zero-order valence-electron chi connectivity index (χ0n) is 11.5. The molecule has 0 spiro atoms. The van der Waals surface area contributed by atoms with Crippen molar-refractivity contribution >= 4 is 33.5 Å². The summed E-state index contributed by atoms with van der Waals surface area (Å²) in [5.74, 6) is 1.22. The molecule has 5 nitrogen and oxygen atoms in total. The summed E-state index contributed by atoms with van der Waals surface area (Å²) in [5.41, 5.74) is 1.14. The van der Waals surface area contributed by atoms with Crippen LogP contribution in [-0.4, -0.2) is 28.0 Å². The molecule has 0 atom stereocenters. The molecule has 1 saturated heterocycles. The normalized spacial score (nSPS) is 14.5. The summed E-state index contributed by atoms with van der Waals surface area (Å²) < 4.78 is 6.57. The fourth-order valence-electron chi connectivity index (χ4n) is 2.21. The molecule has 1 aliphatic rings. The van der Waals surface area contributed by atoms with E-state index >= 15 is 0 Å². The Labute approximate surface area is 136 Å². The van der Waals surface area contributed by atoms with Crippen LogP contribution in [0.2, 0.25) is 5.28 Å². The Hall–Kier alpha value is -1.40. The number of hydrogen-bond donors (Lipinski definition) is 0. The first kappa shape index (κ1) is 14.5. The van der Waals surface area contributed by atoms with E-state index in [0.29, 0.717) is 11.7 Å². The molecule has 0 unspecified atom stereocenters. The lowest BCUT2D eigenvalue weighted by molar-refractivity contribution is 0.436. The van der Waals surface area contributed by atoms with E-state index in [1.54, 1.807) is 0 Å². The van der Waals surface area contributed by atoms with Gasteiger partial charge in [0.2, 0.25) is 11.2 Å². The summed E-state index contributed by atoms with van der Waals surface area (Å²) in [5, 5.41) is 0.144. The number of benzene rings is 1. The Bertz CT molecular complexity index is 661. The number of halogens is 2. The first-order valence-electron chi connectivity index (χ1n) is 6.72. The highest BCUT2D eigenvalue weighted by Gasteiger charge is 2.18. The van der Waals surface area contributed by atoms with Crippen LogP contribution in [0, 0.1) is 6.92 Å². The third-order valence-electron chi connectivity index (χ3n) is 3.25. The first-order chi connectivity index (χ1) is 10.1. The van der Waals surface area contributed by atoms with Crippen LogP contribution in [0.3, 0.4) is 0 Å². The summed E-state index contributed by atoms with van der Waals surface area (Å²) in [7, 11) is 0. The summed E-state index contributed by atoms with van der Waals surface area (Å²) in [6.07, 6.45) is 2.28. The van der Waals surface area contributed by atoms with Gasteiger partial charge in [-0.05, 0) is 65.0 Å². The molecule has 1 aromatic heterocycles. The monoisotopic (exact) mass is 368 g/mol. The second-order valence-electron chi connectivity index (χ2n) is 4.92. The Balaban J connectivity index is 1.87. The van der Waals surface area contributed by atoms with Gasteiger partial charge in [0.25, 0.3) is 0 Å². The Morgan fingerprint density at radius 1 is 1.19 bits per heavy atom. The molecule has 0 saturated carbocycles. The SMILES string of the molecule is Cc1ccc(Oc2nc(Cl)nc(N3CCCC3)n2)c(Br)c1. The van der Waals surface area contributed by atoms with Crippen LogP contribution in [-0.2, 0) is 0 Å². The van der Waals surface area contributed by atoms with Gasteiger partial charge in [-0.15, -0.1) is 0 Å². The van der Waals surface area contributed by atoms with Crippen molar-refractivity contribution < 1.29 is 4.74 Å². The van der Waals surface area contributed by atoms with Gasteiger partial charge < -0.3 is 9.64 Å². The van der Waals surface area contributed by atoms with Crippen LogP contribution in [0.15, 0.2) is 22.7 Å². The number of hydrogen-bond acceptors (Lipinski definition) is 5. The number of aryl methyl sites for hydroxylation is 1. The van der Waals surface area contributed by atoms with Crippen molar-refractivity contribution in [2.24, 2.45) is 0 Å². The van der Waals surface area contributed by atoms with Crippen molar-refractivity contribution in [3.05, 3.63) is 33.5 Å². The maximum Gasteiger partial charge on any atom is 0.328 e. The van der Waals surface area contributed by atoms with E-state index in [1.807, 2.05) is 25.1 Å². The minimum Gasteiger partial charge on any atom is -0.423 e. The van der Waals surface area contributed by atoms with Gasteiger partial charge in [0.05, 0.1) is 4.47 Å². The smallest absolute Gasteiger partial charge is 0.328 e. The standard InChI is InChI=1S/C14H14BrClN4O/c1-9-4-5-11(10(15)8-9)21-14-18-12(16)17-13(19-14)20-6-2-3-7-20/h4-5,8H,2-3,6-7H2,1H3. The molecule has 1 fully saturated rings. The molecule has 110 valence electrons. The molecule has 2 aromatic rings. The lowest BCUT2D eigenvalue weighted by atomic mass is 10.2. The van der Waals surface area contributed by atoms with Gasteiger partial charge in [-0.2, -0.15) is 15.0 Å². The van der Waals surface area contributed by atoms with Gasteiger partial charge in [0.1, 0.15) is 5.75 Å². The van der Waals surface area contributed by atoms with Crippen molar-refractivity contribution in [1.29, 1.82) is 0 Å². The highest BCUT2D eigenvalue weighted by Crippen LogP contribution is 2.30. The van der Waals surface area contributed by atoms with E-state index in [4.69, 9.17) is 16.3 Å². The number of rotatable bonds is 3. The average Bonchev–Trinajstić information content (AvgIpc) is 2.95. The van der Waals surface area contributed by atoms with E-state index in [9.17, 15) is 0 Å². The Kier molecular flexibility index (Phi) is 4.26. The summed E-state index contributed by atoms with van der Waals surface area (Å²) >= 11 is 9.45. The largest absolute Gasteiger partial charge is 0.423 e. The molecule has 0 amide bonds. The predicted octanol–water partition coefficient (Wildman–Crippen LogP) is 3.99. The second kappa shape index (κ2) is 6.15. The number of aromatic nitrogens is 3. The molecule has 0 N–H and O–H groups in total. The Morgan fingerprint density at radius 2 is 1.95 bits per heavy atom. The van der Waals surface area contributed by atoms with Crippen molar-refractivity contribution in [1.82, 2.24) is 15.0 Å². The van der Waals surface area contributed by atoms with Gasteiger partial charge in [-0.1, -0.05) is 6.07 Å². The summed E-state index contributed by atoms with van der Waals surface area (Å²) in [6.45, 7) is 3.89. The van der Waals surface area contributed by atoms with Crippen LogP contribution in [0.25, 0.3) is 0 Å². The molecule has 1 aromatic carbocycles. The van der Waals surface area contributed by atoms with E-state index < -0.39 is 0 Å². The average molecular weight is 370 g/mol. The highest BCUT2D eigenvalue weighted by atomic mass is 79.9. The molecule has 0 radical (unpaired) electrons. The molecular formula is C14H14BrClN4O. The van der Waals surface area contributed by atoms with Crippen LogP contribution < -0.4 is 9.64 Å². The van der Waals surface area contributed by atoms with Crippen molar-refractivity contribution in [2.75, 3.05) is 18.0 Å². The second-order valence-corrected chi connectivity index (χ2v) is 6.11. The molecule has 21 heavy (non-hydrogen) atoms. The fourth-order valence-corrected chi connectivity index (χ4v) is 2.94. The zero-order valence-corrected chi connectivity index (χ0v) is 13.9. The minimum absolute atomic E-state index is 0.144. The first-order valence-corrected chi connectivity index (χ1v) is 7.89. The van der Waals surface area contributed by atoms with Crippen LogP contribution in [0.1, 0.15) is 18.4 Å². The number of nitrogens with zero attached hydrogens (tertiary/aromatic N) is 4. The number of anilines is 1. The molecule has 3 rings (SSSR count). The van der Waals surface area contributed by atoms with Gasteiger partial charge in [0, 0.05) is 13.1 Å². The molecule has 0 aliphatic carbocycles. The van der Waals surface area contributed by atoms with Gasteiger partial charge in [-0.3, -0.25) is 0 Å². The van der Waals surface area contributed by atoms with Crippen LogP contribution in [0.5, 0.6) is 11.8 Å². The maximum atomic E-state index is 5.98. The lowest BCUT2D eigenvalue weighted by Gasteiger charge is -2.15. The van der Waals surface area contributed by atoms with E-state index in [0.717, 1.165) is 36.0 Å².